The molecule has 0 aliphatic carbocycles. The Labute approximate surface area is 319 Å². The number of hydrogen-bond donors (Lipinski definition) is 0. The number of methoxy groups -OCH3 is 2. The van der Waals surface area contributed by atoms with Crippen molar-refractivity contribution < 1.29 is 33.3 Å². The van der Waals surface area contributed by atoms with Gasteiger partial charge in [-0.3, -0.25) is 4.79 Å². The van der Waals surface area contributed by atoms with E-state index < -0.39 is 12.1 Å². The van der Waals surface area contributed by atoms with Crippen LogP contribution in [0.3, 0.4) is 0 Å². The van der Waals surface area contributed by atoms with Crippen LogP contribution in [0.25, 0.3) is 0 Å². The van der Waals surface area contributed by atoms with E-state index in [2.05, 4.69) is 105 Å². The van der Waals surface area contributed by atoms with Crippen LogP contribution in [0.1, 0.15) is 95.0 Å². The molecular formula is C45H63NO7. The number of hydrogen-bond acceptors (Lipinski definition) is 8. The molecule has 0 aromatic heterocycles. The molecule has 0 spiro atoms. The van der Waals surface area contributed by atoms with E-state index in [1.54, 1.807) is 18.2 Å². The maximum atomic E-state index is 12.9. The van der Waals surface area contributed by atoms with E-state index in [1.807, 2.05) is 12.1 Å². The fraction of sp³-hybridized carbons (Fsp3) is 0.467. The van der Waals surface area contributed by atoms with Crippen molar-refractivity contribution in [2.45, 2.75) is 97.6 Å². The van der Waals surface area contributed by atoms with E-state index in [0.29, 0.717) is 35.3 Å². The van der Waals surface area contributed by atoms with E-state index in [9.17, 15) is 9.59 Å². The van der Waals surface area contributed by atoms with Gasteiger partial charge >= 0.3 is 11.9 Å². The van der Waals surface area contributed by atoms with Crippen molar-refractivity contribution in [2.24, 2.45) is 0 Å². The van der Waals surface area contributed by atoms with Gasteiger partial charge in [-0.1, -0.05) is 93.7 Å². The number of carbonyl (C=O) groups excluding carboxylic acids is 2. The average molecular weight is 730 g/mol. The molecule has 0 N–H and O–H groups in total. The molecule has 8 heteroatoms. The fourth-order valence-corrected chi connectivity index (χ4v) is 5.54. The zero-order valence-corrected chi connectivity index (χ0v) is 33.0. The Morgan fingerprint density at radius 2 is 1.30 bits per heavy atom. The first-order chi connectivity index (χ1) is 25.8. The highest BCUT2D eigenvalue weighted by Gasteiger charge is 2.20. The van der Waals surface area contributed by atoms with Crippen LogP contribution in [-0.4, -0.2) is 69.5 Å². The summed E-state index contributed by atoms with van der Waals surface area (Å²) in [6, 6.07) is 13.2. The van der Waals surface area contributed by atoms with Crippen molar-refractivity contribution >= 4 is 11.9 Å². The fourth-order valence-electron chi connectivity index (χ4n) is 5.54. The van der Waals surface area contributed by atoms with Crippen LogP contribution in [0.15, 0.2) is 103 Å². The summed E-state index contributed by atoms with van der Waals surface area (Å²) in [4.78, 5) is 28.2. The van der Waals surface area contributed by atoms with E-state index in [0.717, 1.165) is 58.0 Å². The third-order valence-corrected chi connectivity index (χ3v) is 8.55. The molecule has 0 amide bonds. The first-order valence-corrected chi connectivity index (χ1v) is 19.1. The summed E-state index contributed by atoms with van der Waals surface area (Å²) in [5, 5.41) is 0. The molecule has 0 aliphatic rings. The molecule has 0 aliphatic heterocycles. The van der Waals surface area contributed by atoms with Gasteiger partial charge in [-0.25, -0.2) is 4.79 Å². The minimum Gasteiger partial charge on any atom is -0.493 e. The number of carbonyl (C=O) groups is 2. The first kappa shape index (κ1) is 44.6. The molecule has 0 heterocycles. The van der Waals surface area contributed by atoms with Gasteiger partial charge in [-0.05, 0) is 107 Å². The lowest BCUT2D eigenvalue weighted by molar-refractivity contribution is -0.153. The second-order valence-electron chi connectivity index (χ2n) is 12.6. The molecule has 2 atom stereocenters. The maximum Gasteiger partial charge on any atom is 0.338 e. The molecule has 2 aromatic carbocycles. The molecule has 2 aromatic rings. The lowest BCUT2D eigenvalue weighted by Gasteiger charge is -2.26. The quantitative estimate of drug-likeness (QED) is 0.0511. The normalized spacial score (nSPS) is 13.1. The first-order valence-electron chi connectivity index (χ1n) is 19.1. The molecule has 0 saturated carbocycles. The summed E-state index contributed by atoms with van der Waals surface area (Å²) in [5.41, 5.74) is 1.51. The smallest absolute Gasteiger partial charge is 0.338 e. The standard InChI is InChI=1S/C45H63NO7/c1-7-10-11-12-13-14-15-16-17-18-19-20-21-22-23-24-25-26-44(47)53-41(36-52-45(48)39-29-32-42(49-5)43(34-39)50-6)35-51-40-30-27-38(28-31-40)33-37(4)46(8-2)9-3/h10-11,13-14,16-17,19-20,22-23,27-32,34,37,41H,7-9,12,15,18,21,24-26,33,35-36H2,1-6H3/b11-10-,14-13-,17-16-,20-19-,23-22-. The molecule has 8 nitrogen and oxygen atoms in total. The van der Waals surface area contributed by atoms with Crippen LogP contribution >= 0.6 is 0 Å². The number of rotatable bonds is 27. The van der Waals surface area contributed by atoms with E-state index >= 15 is 0 Å². The Hall–Kier alpha value is -4.56. The lowest BCUT2D eigenvalue weighted by atomic mass is 10.1. The van der Waals surface area contributed by atoms with Crippen molar-refractivity contribution in [1.29, 1.82) is 0 Å². The van der Waals surface area contributed by atoms with Gasteiger partial charge in [-0.2, -0.15) is 0 Å². The van der Waals surface area contributed by atoms with Crippen molar-refractivity contribution in [3.63, 3.8) is 0 Å². The van der Waals surface area contributed by atoms with E-state index in [4.69, 9.17) is 23.7 Å². The molecule has 2 unspecified atom stereocenters. The number of unbranched alkanes of at least 4 members (excludes halogenated alkanes) is 1. The van der Waals surface area contributed by atoms with Crippen LogP contribution in [0, 0.1) is 0 Å². The Kier molecular flexibility index (Phi) is 23.6. The van der Waals surface area contributed by atoms with E-state index in [1.165, 1.54) is 19.8 Å². The zero-order chi connectivity index (χ0) is 38.5. The van der Waals surface area contributed by atoms with Crippen molar-refractivity contribution in [3.05, 3.63) is 114 Å². The molecule has 2 rings (SSSR count). The summed E-state index contributed by atoms with van der Waals surface area (Å²) in [6.07, 6.45) is 28.2. The second-order valence-corrected chi connectivity index (χ2v) is 12.6. The zero-order valence-electron chi connectivity index (χ0n) is 33.0. The van der Waals surface area contributed by atoms with Crippen LogP contribution in [0.4, 0.5) is 0 Å². The number of esters is 2. The minimum absolute atomic E-state index is 0.0366. The average Bonchev–Trinajstić information content (AvgIpc) is 3.17. The number of allylic oxidation sites excluding steroid dienone is 10. The van der Waals surface area contributed by atoms with Crippen LogP contribution in [0.2, 0.25) is 0 Å². The predicted octanol–water partition coefficient (Wildman–Crippen LogP) is 10.0. The summed E-state index contributed by atoms with van der Waals surface area (Å²) >= 11 is 0. The molecule has 0 bridgehead atoms. The summed E-state index contributed by atoms with van der Waals surface area (Å²) < 4.78 is 27.9. The van der Waals surface area contributed by atoms with Gasteiger partial charge in [0.15, 0.2) is 17.6 Å². The molecule has 53 heavy (non-hydrogen) atoms. The number of likely N-dealkylation sites (N-methyl/N-ethyl adjacent to an activating group) is 1. The lowest BCUT2D eigenvalue weighted by Crippen LogP contribution is -2.34. The largest absolute Gasteiger partial charge is 0.493 e. The maximum absolute atomic E-state index is 12.9. The van der Waals surface area contributed by atoms with Crippen molar-refractivity contribution in [3.8, 4) is 17.2 Å². The third-order valence-electron chi connectivity index (χ3n) is 8.55. The highest BCUT2D eigenvalue weighted by Crippen LogP contribution is 2.28. The Bertz CT molecular complexity index is 1450. The van der Waals surface area contributed by atoms with Gasteiger partial charge in [0.2, 0.25) is 0 Å². The van der Waals surface area contributed by atoms with Crippen LogP contribution in [-0.2, 0) is 20.7 Å². The molecule has 290 valence electrons. The minimum atomic E-state index is -0.789. The van der Waals surface area contributed by atoms with Gasteiger partial charge in [-0.15, -0.1) is 0 Å². The monoisotopic (exact) mass is 729 g/mol. The Morgan fingerprint density at radius 1 is 0.717 bits per heavy atom. The summed E-state index contributed by atoms with van der Waals surface area (Å²) in [6.45, 7) is 10.6. The Balaban J connectivity index is 1.86. The molecule has 0 saturated heterocycles. The van der Waals surface area contributed by atoms with Gasteiger partial charge in [0.25, 0.3) is 0 Å². The van der Waals surface area contributed by atoms with Crippen LogP contribution < -0.4 is 14.2 Å². The third kappa shape index (κ3) is 19.2. The second kappa shape index (κ2) is 28.0. The SMILES string of the molecule is CC/C=C\C/C=C\C/C=C\C/C=C\C/C=C\CCCC(=O)OC(COC(=O)c1ccc(OC)c(OC)c1)COc1ccc(CC(C)N(CC)CC)cc1. The van der Waals surface area contributed by atoms with Gasteiger partial charge in [0.05, 0.1) is 19.8 Å². The van der Waals surface area contributed by atoms with Gasteiger partial charge in [0.1, 0.15) is 19.0 Å². The topological polar surface area (TPSA) is 83.5 Å². The summed E-state index contributed by atoms with van der Waals surface area (Å²) in [7, 11) is 3.03. The van der Waals surface area contributed by atoms with Gasteiger partial charge in [0, 0.05) is 12.5 Å². The molecule has 0 fully saturated rings. The highest BCUT2D eigenvalue weighted by atomic mass is 16.6. The van der Waals surface area contributed by atoms with Crippen molar-refractivity contribution in [2.75, 3.05) is 40.5 Å². The Morgan fingerprint density at radius 3 is 1.87 bits per heavy atom. The van der Waals surface area contributed by atoms with E-state index in [-0.39, 0.29) is 25.6 Å². The number of benzene rings is 2. The predicted molar refractivity (Wildman–Crippen MR) is 216 cm³/mol. The van der Waals surface area contributed by atoms with Crippen molar-refractivity contribution in [1.82, 2.24) is 4.90 Å². The van der Waals surface area contributed by atoms with Crippen LogP contribution in [0.5, 0.6) is 17.2 Å². The molecular weight excluding hydrogens is 666 g/mol. The molecule has 0 radical (unpaired) electrons. The van der Waals surface area contributed by atoms with Gasteiger partial charge < -0.3 is 28.6 Å². The number of nitrogens with zero attached hydrogens (tertiary/aromatic N) is 1. The highest BCUT2D eigenvalue weighted by molar-refractivity contribution is 5.90. The summed E-state index contributed by atoms with van der Waals surface area (Å²) in [5.74, 6) is 0.624. The number of ether oxygens (including phenoxy) is 5.